The van der Waals surface area contributed by atoms with Crippen molar-refractivity contribution in [1.29, 1.82) is 0 Å². The minimum Gasteiger partial charge on any atom is -0.493 e. The molecule has 0 bridgehead atoms. The fraction of sp³-hybridized carbons (Fsp3) is 0.500. The van der Waals surface area contributed by atoms with Gasteiger partial charge in [-0.1, -0.05) is 12.8 Å². The molecule has 0 radical (unpaired) electrons. The molecule has 1 fully saturated rings. The number of hydrogen-bond donors (Lipinski definition) is 2. The second-order valence-electron chi connectivity index (χ2n) is 4.76. The maximum atomic E-state index is 12.0. The van der Waals surface area contributed by atoms with E-state index in [4.69, 9.17) is 0 Å². The first-order valence-corrected chi connectivity index (χ1v) is 5.98. The van der Waals surface area contributed by atoms with Crippen LogP contribution in [0.2, 0.25) is 0 Å². The monoisotopic (exact) mass is 233 g/mol. The molecule has 1 saturated carbocycles. The SMILES string of the molecule is Cc1cc2[nH]c(=O)c(C3CCCC3)c(O)n2n1. The Balaban J connectivity index is 2.26. The summed E-state index contributed by atoms with van der Waals surface area (Å²) in [6.07, 6.45) is 4.20. The van der Waals surface area contributed by atoms with Crippen LogP contribution in [-0.4, -0.2) is 19.7 Å². The van der Waals surface area contributed by atoms with Gasteiger partial charge in [0.15, 0.2) is 0 Å². The van der Waals surface area contributed by atoms with Crippen molar-refractivity contribution in [3.05, 3.63) is 27.7 Å². The molecule has 0 amide bonds. The first kappa shape index (κ1) is 10.4. The Hall–Kier alpha value is -1.78. The Morgan fingerprint density at radius 3 is 2.88 bits per heavy atom. The first-order chi connectivity index (χ1) is 8.16. The van der Waals surface area contributed by atoms with E-state index in [1.54, 1.807) is 6.07 Å². The molecular weight excluding hydrogens is 218 g/mol. The summed E-state index contributed by atoms with van der Waals surface area (Å²) in [5.74, 6) is 0.177. The summed E-state index contributed by atoms with van der Waals surface area (Å²) in [7, 11) is 0. The van der Waals surface area contributed by atoms with Crippen LogP contribution in [0, 0.1) is 6.92 Å². The van der Waals surface area contributed by atoms with Gasteiger partial charge in [0.2, 0.25) is 5.88 Å². The van der Waals surface area contributed by atoms with Gasteiger partial charge in [-0.25, -0.2) is 0 Å². The average molecular weight is 233 g/mol. The molecular formula is C12H15N3O2. The smallest absolute Gasteiger partial charge is 0.258 e. The van der Waals surface area contributed by atoms with Crippen molar-refractivity contribution in [3.63, 3.8) is 0 Å². The van der Waals surface area contributed by atoms with Gasteiger partial charge in [-0.05, 0) is 25.7 Å². The lowest BCUT2D eigenvalue weighted by atomic mass is 10.00. The van der Waals surface area contributed by atoms with E-state index in [-0.39, 0.29) is 17.4 Å². The van der Waals surface area contributed by atoms with Crippen LogP contribution < -0.4 is 5.56 Å². The number of aromatic nitrogens is 3. The summed E-state index contributed by atoms with van der Waals surface area (Å²) in [4.78, 5) is 14.8. The largest absolute Gasteiger partial charge is 0.493 e. The fourth-order valence-corrected chi connectivity index (χ4v) is 2.73. The molecule has 3 rings (SSSR count). The molecule has 0 saturated heterocycles. The molecule has 5 heteroatoms. The Bertz CT molecular complexity index is 620. The van der Waals surface area contributed by atoms with Gasteiger partial charge in [-0.3, -0.25) is 4.79 Å². The van der Waals surface area contributed by atoms with Crippen molar-refractivity contribution in [3.8, 4) is 5.88 Å². The van der Waals surface area contributed by atoms with E-state index in [1.165, 1.54) is 4.52 Å². The van der Waals surface area contributed by atoms with Crippen molar-refractivity contribution in [2.75, 3.05) is 0 Å². The maximum Gasteiger partial charge on any atom is 0.258 e. The van der Waals surface area contributed by atoms with Crippen molar-refractivity contribution in [1.82, 2.24) is 14.6 Å². The van der Waals surface area contributed by atoms with E-state index < -0.39 is 0 Å². The zero-order valence-electron chi connectivity index (χ0n) is 9.73. The molecule has 1 aliphatic carbocycles. The van der Waals surface area contributed by atoms with Crippen molar-refractivity contribution < 1.29 is 5.11 Å². The minimum absolute atomic E-state index is 0.00347. The number of H-pyrrole nitrogens is 1. The van der Waals surface area contributed by atoms with Crippen molar-refractivity contribution >= 4 is 5.65 Å². The highest BCUT2D eigenvalue weighted by Crippen LogP contribution is 2.36. The normalized spacial score (nSPS) is 17.0. The van der Waals surface area contributed by atoms with Gasteiger partial charge in [0.1, 0.15) is 5.65 Å². The van der Waals surface area contributed by atoms with E-state index in [1.807, 2.05) is 6.92 Å². The van der Waals surface area contributed by atoms with Gasteiger partial charge in [0.05, 0.1) is 11.3 Å². The lowest BCUT2D eigenvalue weighted by Gasteiger charge is -2.10. The van der Waals surface area contributed by atoms with Crippen LogP contribution in [-0.2, 0) is 0 Å². The van der Waals surface area contributed by atoms with Gasteiger partial charge < -0.3 is 10.1 Å². The van der Waals surface area contributed by atoms with Gasteiger partial charge in [-0.2, -0.15) is 9.61 Å². The number of fused-ring (bicyclic) bond motifs is 1. The molecule has 0 spiro atoms. The summed E-state index contributed by atoms with van der Waals surface area (Å²) in [5.41, 5.74) is 1.64. The summed E-state index contributed by atoms with van der Waals surface area (Å²) < 4.78 is 1.42. The van der Waals surface area contributed by atoms with Crippen molar-refractivity contribution in [2.45, 2.75) is 38.5 Å². The summed E-state index contributed by atoms with van der Waals surface area (Å²) >= 11 is 0. The number of nitrogens with zero attached hydrogens (tertiary/aromatic N) is 2. The Labute approximate surface area is 98.1 Å². The zero-order valence-corrected chi connectivity index (χ0v) is 9.73. The third kappa shape index (κ3) is 1.53. The van der Waals surface area contributed by atoms with Crippen LogP contribution in [0.3, 0.4) is 0 Å². The third-order valence-corrected chi connectivity index (χ3v) is 3.52. The summed E-state index contributed by atoms with van der Waals surface area (Å²) in [5, 5.41) is 14.4. The molecule has 2 aromatic heterocycles. The van der Waals surface area contributed by atoms with E-state index in [9.17, 15) is 9.90 Å². The maximum absolute atomic E-state index is 12.0. The second kappa shape index (κ2) is 3.61. The predicted octanol–water partition coefficient (Wildman–Crippen LogP) is 1.69. The molecule has 2 heterocycles. The number of aromatic amines is 1. The molecule has 90 valence electrons. The van der Waals surface area contributed by atoms with E-state index in [0.29, 0.717) is 11.2 Å². The van der Waals surface area contributed by atoms with Gasteiger partial charge in [-0.15, -0.1) is 0 Å². The Morgan fingerprint density at radius 2 is 2.18 bits per heavy atom. The van der Waals surface area contributed by atoms with Gasteiger partial charge in [0, 0.05) is 6.07 Å². The molecule has 17 heavy (non-hydrogen) atoms. The molecule has 2 aromatic rings. The molecule has 0 aliphatic heterocycles. The fourth-order valence-electron chi connectivity index (χ4n) is 2.73. The molecule has 1 aliphatic rings. The summed E-state index contributed by atoms with van der Waals surface area (Å²) in [6, 6.07) is 1.75. The van der Waals surface area contributed by atoms with E-state index >= 15 is 0 Å². The number of aryl methyl sites for hydroxylation is 1. The number of hydrogen-bond acceptors (Lipinski definition) is 3. The molecule has 0 aromatic carbocycles. The number of nitrogens with one attached hydrogen (secondary N) is 1. The average Bonchev–Trinajstić information content (AvgIpc) is 2.87. The molecule has 5 nitrogen and oxygen atoms in total. The van der Waals surface area contributed by atoms with Gasteiger partial charge in [0.25, 0.3) is 5.56 Å². The topological polar surface area (TPSA) is 70.4 Å². The molecule has 0 atom stereocenters. The highest BCUT2D eigenvalue weighted by Gasteiger charge is 2.25. The summed E-state index contributed by atoms with van der Waals surface area (Å²) in [6.45, 7) is 1.83. The van der Waals surface area contributed by atoms with Crippen LogP contribution in [0.15, 0.2) is 10.9 Å². The standard InChI is InChI=1S/C12H15N3O2/c1-7-6-9-13-11(16)10(8-4-2-3-5-8)12(17)15(9)14-7/h6,8,17H,2-5H2,1H3,(H,13,16). The van der Waals surface area contributed by atoms with Crippen LogP contribution in [0.25, 0.3) is 5.65 Å². The van der Waals surface area contributed by atoms with Crippen LogP contribution in [0.4, 0.5) is 0 Å². The zero-order chi connectivity index (χ0) is 12.0. The highest BCUT2D eigenvalue weighted by atomic mass is 16.3. The van der Waals surface area contributed by atoms with Crippen LogP contribution >= 0.6 is 0 Å². The Kier molecular flexibility index (Phi) is 2.21. The van der Waals surface area contributed by atoms with E-state index in [0.717, 1.165) is 31.4 Å². The quantitative estimate of drug-likeness (QED) is 0.787. The highest BCUT2D eigenvalue weighted by molar-refractivity contribution is 5.44. The third-order valence-electron chi connectivity index (χ3n) is 3.52. The predicted molar refractivity (Wildman–Crippen MR) is 63.4 cm³/mol. The first-order valence-electron chi connectivity index (χ1n) is 5.98. The molecule has 2 N–H and O–H groups in total. The number of aromatic hydroxyl groups is 1. The molecule has 0 unspecified atom stereocenters. The second-order valence-corrected chi connectivity index (χ2v) is 4.76. The number of rotatable bonds is 1. The van der Waals surface area contributed by atoms with Crippen molar-refractivity contribution in [2.24, 2.45) is 0 Å². The lowest BCUT2D eigenvalue weighted by molar-refractivity contribution is 0.419. The minimum atomic E-state index is -0.179. The lowest BCUT2D eigenvalue weighted by Crippen LogP contribution is -2.17. The Morgan fingerprint density at radius 1 is 1.47 bits per heavy atom. The van der Waals surface area contributed by atoms with E-state index in [2.05, 4.69) is 10.1 Å². The van der Waals surface area contributed by atoms with Crippen LogP contribution in [0.1, 0.15) is 42.9 Å². The van der Waals surface area contributed by atoms with Crippen LogP contribution in [0.5, 0.6) is 5.88 Å². The van der Waals surface area contributed by atoms with Gasteiger partial charge >= 0.3 is 0 Å².